The predicted molar refractivity (Wildman–Crippen MR) is 81.8 cm³/mol. The molecular formula is C17H24FNO3. The van der Waals surface area contributed by atoms with Gasteiger partial charge >= 0.3 is 0 Å². The average Bonchev–Trinajstić information content (AvgIpc) is 3.03. The van der Waals surface area contributed by atoms with Gasteiger partial charge in [-0.3, -0.25) is 4.79 Å². The molecule has 1 aliphatic rings. The van der Waals surface area contributed by atoms with E-state index in [1.807, 2.05) is 6.92 Å². The molecule has 4 nitrogen and oxygen atoms in total. The summed E-state index contributed by atoms with van der Waals surface area (Å²) in [6.07, 6.45) is 3.47. The molecule has 0 radical (unpaired) electrons. The average molecular weight is 309 g/mol. The molecular weight excluding hydrogens is 285 g/mol. The van der Waals surface area contributed by atoms with Crippen molar-refractivity contribution in [1.29, 1.82) is 0 Å². The standard InChI is InChI=1S/C17H24FNO3/c1-2-16(22-12-7-3-4-8-12)17(21)19-11-15(20)13-9-5-6-10-14(13)18/h5-6,9-10,12,15-16,20H,2-4,7-8,11H2,1H3,(H,19,21). The van der Waals surface area contributed by atoms with E-state index < -0.39 is 18.0 Å². The van der Waals surface area contributed by atoms with Crippen molar-refractivity contribution in [1.82, 2.24) is 5.32 Å². The largest absolute Gasteiger partial charge is 0.386 e. The van der Waals surface area contributed by atoms with Gasteiger partial charge in [-0.2, -0.15) is 0 Å². The maximum atomic E-state index is 13.6. The molecule has 0 aromatic heterocycles. The molecule has 22 heavy (non-hydrogen) atoms. The number of aliphatic hydroxyl groups excluding tert-OH is 1. The normalized spacial score (nSPS) is 18.1. The summed E-state index contributed by atoms with van der Waals surface area (Å²) >= 11 is 0. The molecule has 1 aromatic carbocycles. The van der Waals surface area contributed by atoms with E-state index in [0.717, 1.165) is 25.7 Å². The maximum Gasteiger partial charge on any atom is 0.249 e. The third kappa shape index (κ3) is 4.52. The zero-order chi connectivity index (χ0) is 15.9. The predicted octanol–water partition coefficient (Wildman–Crippen LogP) is 2.71. The number of ether oxygens (including phenoxy) is 1. The van der Waals surface area contributed by atoms with E-state index in [2.05, 4.69) is 5.32 Å². The van der Waals surface area contributed by atoms with Gasteiger partial charge in [-0.1, -0.05) is 38.0 Å². The van der Waals surface area contributed by atoms with Crippen molar-refractivity contribution in [3.63, 3.8) is 0 Å². The lowest BCUT2D eigenvalue weighted by Crippen LogP contribution is -2.39. The van der Waals surface area contributed by atoms with Crippen LogP contribution in [0.5, 0.6) is 0 Å². The van der Waals surface area contributed by atoms with Crippen molar-refractivity contribution in [3.8, 4) is 0 Å². The second kappa shape index (κ2) is 8.25. The van der Waals surface area contributed by atoms with E-state index in [-0.39, 0.29) is 24.1 Å². The Morgan fingerprint density at radius 1 is 1.41 bits per heavy atom. The first kappa shape index (κ1) is 16.9. The van der Waals surface area contributed by atoms with Crippen molar-refractivity contribution in [3.05, 3.63) is 35.6 Å². The van der Waals surface area contributed by atoms with Gasteiger partial charge < -0.3 is 15.2 Å². The summed E-state index contributed by atoms with van der Waals surface area (Å²) in [5, 5.41) is 12.6. The van der Waals surface area contributed by atoms with Gasteiger partial charge in [-0.15, -0.1) is 0 Å². The lowest BCUT2D eigenvalue weighted by atomic mass is 10.1. The highest BCUT2D eigenvalue weighted by Gasteiger charge is 2.24. The lowest BCUT2D eigenvalue weighted by Gasteiger charge is -2.21. The van der Waals surface area contributed by atoms with E-state index in [1.54, 1.807) is 12.1 Å². The van der Waals surface area contributed by atoms with Crippen molar-refractivity contribution < 1.29 is 19.0 Å². The molecule has 2 atom stereocenters. The van der Waals surface area contributed by atoms with Crippen molar-refractivity contribution >= 4 is 5.91 Å². The van der Waals surface area contributed by atoms with Gasteiger partial charge in [0, 0.05) is 12.1 Å². The molecule has 1 fully saturated rings. The fourth-order valence-electron chi connectivity index (χ4n) is 2.77. The molecule has 1 saturated carbocycles. The minimum atomic E-state index is -1.06. The Hall–Kier alpha value is -1.46. The van der Waals surface area contributed by atoms with Crippen LogP contribution in [0.2, 0.25) is 0 Å². The first-order valence-corrected chi connectivity index (χ1v) is 7.97. The number of hydrogen-bond acceptors (Lipinski definition) is 3. The highest BCUT2D eigenvalue weighted by atomic mass is 19.1. The van der Waals surface area contributed by atoms with Gasteiger partial charge in [-0.05, 0) is 25.3 Å². The van der Waals surface area contributed by atoms with Crippen molar-refractivity contribution in [2.45, 2.75) is 57.3 Å². The molecule has 2 unspecified atom stereocenters. The number of aliphatic hydroxyl groups is 1. The summed E-state index contributed by atoms with van der Waals surface area (Å²) in [7, 11) is 0. The maximum absolute atomic E-state index is 13.6. The third-order valence-electron chi connectivity index (χ3n) is 4.06. The number of carbonyl (C=O) groups is 1. The van der Waals surface area contributed by atoms with Crippen LogP contribution in [0.15, 0.2) is 24.3 Å². The Morgan fingerprint density at radius 3 is 2.73 bits per heavy atom. The fraction of sp³-hybridized carbons (Fsp3) is 0.588. The first-order chi connectivity index (χ1) is 10.6. The molecule has 2 N–H and O–H groups in total. The zero-order valence-corrected chi connectivity index (χ0v) is 12.9. The quantitative estimate of drug-likeness (QED) is 0.814. The number of hydrogen-bond donors (Lipinski definition) is 2. The van der Waals surface area contributed by atoms with Crippen LogP contribution < -0.4 is 5.32 Å². The van der Waals surface area contributed by atoms with Crippen molar-refractivity contribution in [2.24, 2.45) is 0 Å². The molecule has 5 heteroatoms. The number of benzene rings is 1. The highest BCUT2D eigenvalue weighted by Crippen LogP contribution is 2.23. The minimum Gasteiger partial charge on any atom is -0.386 e. The molecule has 2 rings (SSSR count). The van der Waals surface area contributed by atoms with Gasteiger partial charge in [0.15, 0.2) is 0 Å². The number of halogens is 1. The fourth-order valence-corrected chi connectivity index (χ4v) is 2.77. The summed E-state index contributed by atoms with van der Waals surface area (Å²) in [5.41, 5.74) is 0.188. The van der Waals surface area contributed by atoms with Gasteiger partial charge in [0.25, 0.3) is 0 Å². The summed E-state index contributed by atoms with van der Waals surface area (Å²) in [6, 6.07) is 6.02. The van der Waals surface area contributed by atoms with Crippen molar-refractivity contribution in [2.75, 3.05) is 6.54 Å². The zero-order valence-electron chi connectivity index (χ0n) is 12.9. The summed E-state index contributed by atoms with van der Waals surface area (Å²) in [5.74, 6) is -0.719. The van der Waals surface area contributed by atoms with Crippen LogP contribution in [0.1, 0.15) is 50.7 Å². The van der Waals surface area contributed by atoms with Crippen LogP contribution in [0.3, 0.4) is 0 Å². The highest BCUT2D eigenvalue weighted by molar-refractivity contribution is 5.80. The van der Waals surface area contributed by atoms with E-state index in [4.69, 9.17) is 4.74 Å². The molecule has 0 saturated heterocycles. The summed E-state index contributed by atoms with van der Waals surface area (Å²) < 4.78 is 19.4. The molecule has 1 aliphatic carbocycles. The van der Waals surface area contributed by atoms with Crippen LogP contribution in [0.4, 0.5) is 4.39 Å². The molecule has 0 spiro atoms. The third-order valence-corrected chi connectivity index (χ3v) is 4.06. The Balaban J connectivity index is 1.83. The Bertz CT molecular complexity index is 489. The minimum absolute atomic E-state index is 0.0235. The molecule has 0 bridgehead atoms. The molecule has 1 amide bonds. The van der Waals surface area contributed by atoms with E-state index >= 15 is 0 Å². The number of carbonyl (C=O) groups excluding carboxylic acids is 1. The molecule has 122 valence electrons. The van der Waals surface area contributed by atoms with E-state index in [0.29, 0.717) is 6.42 Å². The van der Waals surface area contributed by atoms with Crippen LogP contribution >= 0.6 is 0 Å². The topological polar surface area (TPSA) is 58.6 Å². The van der Waals surface area contributed by atoms with Gasteiger partial charge in [0.2, 0.25) is 5.91 Å². The Labute approximate surface area is 130 Å². The number of nitrogens with one attached hydrogen (secondary N) is 1. The first-order valence-electron chi connectivity index (χ1n) is 7.97. The Kier molecular flexibility index (Phi) is 6.34. The number of amides is 1. The summed E-state index contributed by atoms with van der Waals surface area (Å²) in [4.78, 5) is 12.1. The SMILES string of the molecule is CCC(OC1CCCC1)C(=O)NCC(O)c1ccccc1F. The number of rotatable bonds is 7. The molecule has 0 aliphatic heterocycles. The van der Waals surface area contributed by atoms with Crippen LogP contribution in [0.25, 0.3) is 0 Å². The Morgan fingerprint density at radius 2 is 2.09 bits per heavy atom. The molecule has 1 aromatic rings. The second-order valence-corrected chi connectivity index (χ2v) is 5.72. The lowest BCUT2D eigenvalue weighted by molar-refractivity contribution is -0.137. The summed E-state index contributed by atoms with van der Waals surface area (Å²) in [6.45, 7) is 1.87. The molecule has 0 heterocycles. The van der Waals surface area contributed by atoms with Gasteiger partial charge in [0.05, 0.1) is 12.2 Å². The van der Waals surface area contributed by atoms with E-state index in [9.17, 15) is 14.3 Å². The monoisotopic (exact) mass is 309 g/mol. The second-order valence-electron chi connectivity index (χ2n) is 5.72. The van der Waals surface area contributed by atoms with Gasteiger partial charge in [0.1, 0.15) is 11.9 Å². The van der Waals surface area contributed by atoms with E-state index in [1.165, 1.54) is 12.1 Å². The van der Waals surface area contributed by atoms with Crippen LogP contribution in [-0.2, 0) is 9.53 Å². The van der Waals surface area contributed by atoms with Crippen LogP contribution in [-0.4, -0.2) is 29.8 Å². The smallest absolute Gasteiger partial charge is 0.249 e. The van der Waals surface area contributed by atoms with Gasteiger partial charge in [-0.25, -0.2) is 4.39 Å². The van der Waals surface area contributed by atoms with Crippen LogP contribution in [0, 0.1) is 5.82 Å².